The molecule has 4 rings (SSSR count). The lowest BCUT2D eigenvalue weighted by Gasteiger charge is -2.19. The zero-order chi connectivity index (χ0) is 15.6. The Morgan fingerprint density at radius 2 is 2.00 bits per heavy atom. The van der Waals surface area contributed by atoms with Gasteiger partial charge < -0.3 is 19.8 Å². The zero-order valence-electron chi connectivity index (χ0n) is 12.3. The summed E-state index contributed by atoms with van der Waals surface area (Å²) >= 11 is 0. The number of hydrogen-bond acceptors (Lipinski definition) is 4. The lowest BCUT2D eigenvalue weighted by atomic mass is 10.1. The summed E-state index contributed by atoms with van der Waals surface area (Å²) < 4.78 is 11.0. The van der Waals surface area contributed by atoms with Crippen LogP contribution >= 0.6 is 0 Å². The highest BCUT2D eigenvalue weighted by atomic mass is 16.6. The highest BCUT2D eigenvalue weighted by Crippen LogP contribution is 2.32. The van der Waals surface area contributed by atoms with Crippen molar-refractivity contribution >= 4 is 22.6 Å². The molecule has 6 nitrogen and oxygen atoms in total. The molecule has 0 bridgehead atoms. The number of nitrogens with one attached hydrogen (secondary N) is 2. The number of fused-ring (bicyclic) bond motifs is 2. The molecule has 2 N–H and O–H groups in total. The fraction of sp³-hybridized carbons (Fsp3) is 0.176. The smallest absolute Gasteiger partial charge is 0.228 e. The normalized spacial score (nSPS) is 13.0. The second-order valence-electron chi connectivity index (χ2n) is 5.34. The molecule has 0 saturated heterocycles. The zero-order valence-corrected chi connectivity index (χ0v) is 12.3. The van der Waals surface area contributed by atoms with E-state index < -0.39 is 0 Å². The highest BCUT2D eigenvalue weighted by molar-refractivity contribution is 5.93. The number of rotatable bonds is 3. The molecule has 0 unspecified atom stereocenters. The minimum atomic E-state index is -0.0828. The Labute approximate surface area is 132 Å². The number of ether oxygens (including phenoxy) is 2. The van der Waals surface area contributed by atoms with Crippen LogP contribution in [-0.2, 0) is 11.2 Å². The minimum absolute atomic E-state index is 0.0828. The van der Waals surface area contributed by atoms with Gasteiger partial charge in [0.1, 0.15) is 13.2 Å². The second-order valence-corrected chi connectivity index (χ2v) is 5.34. The van der Waals surface area contributed by atoms with Gasteiger partial charge in [-0.2, -0.15) is 0 Å². The van der Waals surface area contributed by atoms with Gasteiger partial charge in [0.2, 0.25) is 5.91 Å². The molecular weight excluding hydrogens is 294 g/mol. The van der Waals surface area contributed by atoms with E-state index in [0.29, 0.717) is 36.8 Å². The third-order valence-corrected chi connectivity index (χ3v) is 3.68. The summed E-state index contributed by atoms with van der Waals surface area (Å²) in [6.45, 7) is 1.07. The predicted octanol–water partition coefficient (Wildman–Crippen LogP) is 2.52. The molecule has 0 saturated carbocycles. The van der Waals surface area contributed by atoms with Crippen molar-refractivity contribution in [2.45, 2.75) is 6.42 Å². The van der Waals surface area contributed by atoms with E-state index in [0.717, 1.165) is 16.6 Å². The van der Waals surface area contributed by atoms with Gasteiger partial charge in [0.25, 0.3) is 0 Å². The average molecular weight is 309 g/mol. The monoisotopic (exact) mass is 309 g/mol. The summed E-state index contributed by atoms with van der Waals surface area (Å²) in [7, 11) is 0. The SMILES string of the molecule is O=C(Cc1ccc2nc[nH]c2c1)Nc1ccc2c(c1)OCCO2. The first-order valence-corrected chi connectivity index (χ1v) is 7.39. The van der Waals surface area contributed by atoms with Gasteiger partial charge in [-0.15, -0.1) is 0 Å². The van der Waals surface area contributed by atoms with Crippen molar-refractivity contribution < 1.29 is 14.3 Å². The summed E-state index contributed by atoms with van der Waals surface area (Å²) in [5.74, 6) is 1.28. The summed E-state index contributed by atoms with van der Waals surface area (Å²) in [6.07, 6.45) is 1.94. The molecule has 6 heteroatoms. The lowest BCUT2D eigenvalue weighted by molar-refractivity contribution is -0.115. The predicted molar refractivity (Wildman–Crippen MR) is 85.9 cm³/mol. The molecule has 23 heavy (non-hydrogen) atoms. The molecule has 2 aromatic carbocycles. The Morgan fingerprint density at radius 3 is 2.91 bits per heavy atom. The van der Waals surface area contributed by atoms with Crippen molar-refractivity contribution in [1.29, 1.82) is 0 Å². The van der Waals surface area contributed by atoms with Crippen LogP contribution in [0.5, 0.6) is 11.5 Å². The number of nitrogens with zero attached hydrogens (tertiary/aromatic N) is 1. The van der Waals surface area contributed by atoms with Crippen LogP contribution in [0.3, 0.4) is 0 Å². The molecule has 1 aliphatic heterocycles. The van der Waals surface area contributed by atoms with E-state index in [2.05, 4.69) is 15.3 Å². The Morgan fingerprint density at radius 1 is 1.13 bits per heavy atom. The van der Waals surface area contributed by atoms with Gasteiger partial charge in [-0.3, -0.25) is 4.79 Å². The molecule has 3 aromatic rings. The Bertz CT molecular complexity index is 872. The van der Waals surface area contributed by atoms with E-state index in [-0.39, 0.29) is 5.91 Å². The molecule has 0 fully saturated rings. The van der Waals surface area contributed by atoms with Crippen molar-refractivity contribution in [2.24, 2.45) is 0 Å². The van der Waals surface area contributed by atoms with Crippen LogP contribution in [0.1, 0.15) is 5.56 Å². The van der Waals surface area contributed by atoms with Gasteiger partial charge in [0.15, 0.2) is 11.5 Å². The van der Waals surface area contributed by atoms with E-state index in [1.165, 1.54) is 0 Å². The number of anilines is 1. The van der Waals surface area contributed by atoms with Crippen LogP contribution in [0.4, 0.5) is 5.69 Å². The third kappa shape index (κ3) is 2.83. The van der Waals surface area contributed by atoms with E-state index in [4.69, 9.17) is 9.47 Å². The fourth-order valence-corrected chi connectivity index (χ4v) is 2.60. The molecule has 2 heterocycles. The van der Waals surface area contributed by atoms with Crippen LogP contribution in [-0.4, -0.2) is 29.1 Å². The van der Waals surface area contributed by atoms with Crippen molar-refractivity contribution in [1.82, 2.24) is 9.97 Å². The van der Waals surface area contributed by atoms with Gasteiger partial charge in [-0.25, -0.2) is 4.98 Å². The van der Waals surface area contributed by atoms with Crippen LogP contribution < -0.4 is 14.8 Å². The molecule has 0 aliphatic carbocycles. The molecule has 0 radical (unpaired) electrons. The molecule has 0 atom stereocenters. The Kier molecular flexibility index (Phi) is 3.34. The topological polar surface area (TPSA) is 76.2 Å². The van der Waals surface area contributed by atoms with Crippen LogP contribution in [0.25, 0.3) is 11.0 Å². The molecule has 1 aliphatic rings. The van der Waals surface area contributed by atoms with Crippen molar-refractivity contribution in [3.8, 4) is 11.5 Å². The maximum absolute atomic E-state index is 12.2. The third-order valence-electron chi connectivity index (χ3n) is 3.68. The van der Waals surface area contributed by atoms with Crippen molar-refractivity contribution in [3.63, 3.8) is 0 Å². The van der Waals surface area contributed by atoms with Gasteiger partial charge in [-0.1, -0.05) is 6.07 Å². The molecule has 1 aromatic heterocycles. The van der Waals surface area contributed by atoms with Crippen molar-refractivity contribution in [3.05, 3.63) is 48.3 Å². The van der Waals surface area contributed by atoms with E-state index in [1.54, 1.807) is 18.5 Å². The maximum Gasteiger partial charge on any atom is 0.228 e. The highest BCUT2D eigenvalue weighted by Gasteiger charge is 2.13. The number of carbonyl (C=O) groups excluding carboxylic acids is 1. The van der Waals surface area contributed by atoms with E-state index >= 15 is 0 Å². The Balaban J connectivity index is 1.47. The summed E-state index contributed by atoms with van der Waals surface area (Å²) in [6, 6.07) is 11.1. The summed E-state index contributed by atoms with van der Waals surface area (Å²) in [5, 5.41) is 2.88. The van der Waals surface area contributed by atoms with Crippen molar-refractivity contribution in [2.75, 3.05) is 18.5 Å². The molecule has 0 spiro atoms. The summed E-state index contributed by atoms with van der Waals surface area (Å²) in [4.78, 5) is 19.4. The first-order valence-electron chi connectivity index (χ1n) is 7.39. The van der Waals surface area contributed by atoms with Crippen LogP contribution in [0, 0.1) is 0 Å². The average Bonchev–Trinajstić information content (AvgIpc) is 3.02. The first-order chi connectivity index (χ1) is 11.3. The minimum Gasteiger partial charge on any atom is -0.486 e. The van der Waals surface area contributed by atoms with Gasteiger partial charge in [0.05, 0.1) is 23.8 Å². The lowest BCUT2D eigenvalue weighted by Crippen LogP contribution is -2.17. The number of H-pyrrole nitrogens is 1. The molecular formula is C17H15N3O3. The number of carbonyl (C=O) groups is 1. The number of aromatic amines is 1. The fourth-order valence-electron chi connectivity index (χ4n) is 2.60. The van der Waals surface area contributed by atoms with Gasteiger partial charge in [-0.05, 0) is 29.8 Å². The van der Waals surface area contributed by atoms with Crippen LogP contribution in [0.15, 0.2) is 42.7 Å². The number of amides is 1. The quantitative estimate of drug-likeness (QED) is 0.779. The standard InChI is InChI=1S/C17H15N3O3/c21-17(8-11-1-3-13-14(7-11)19-10-18-13)20-12-2-4-15-16(9-12)23-6-5-22-15/h1-4,7,9-10H,5-6,8H2,(H,18,19)(H,20,21). The first kappa shape index (κ1) is 13.6. The largest absolute Gasteiger partial charge is 0.486 e. The number of hydrogen-bond donors (Lipinski definition) is 2. The van der Waals surface area contributed by atoms with Crippen LogP contribution in [0.2, 0.25) is 0 Å². The van der Waals surface area contributed by atoms with E-state index in [1.807, 2.05) is 24.3 Å². The number of benzene rings is 2. The Hall–Kier alpha value is -3.02. The summed E-state index contributed by atoms with van der Waals surface area (Å²) in [5.41, 5.74) is 3.44. The van der Waals surface area contributed by atoms with Gasteiger partial charge >= 0.3 is 0 Å². The maximum atomic E-state index is 12.2. The molecule has 116 valence electrons. The number of imidazole rings is 1. The number of aromatic nitrogens is 2. The van der Waals surface area contributed by atoms with Gasteiger partial charge in [0, 0.05) is 11.8 Å². The van der Waals surface area contributed by atoms with E-state index in [9.17, 15) is 4.79 Å². The molecule has 1 amide bonds. The second kappa shape index (κ2) is 5.64.